The van der Waals surface area contributed by atoms with Crippen molar-refractivity contribution in [2.45, 2.75) is 19.9 Å². The number of nitrogens with zero attached hydrogens (tertiary/aromatic N) is 2. The lowest BCUT2D eigenvalue weighted by molar-refractivity contribution is -0.121. The van der Waals surface area contributed by atoms with Gasteiger partial charge in [-0.25, -0.2) is 5.43 Å². The summed E-state index contributed by atoms with van der Waals surface area (Å²) < 4.78 is 7.77. The van der Waals surface area contributed by atoms with Gasteiger partial charge in [0.25, 0.3) is 5.91 Å². The van der Waals surface area contributed by atoms with Crippen LogP contribution in [0.25, 0.3) is 32.6 Å². The Labute approximate surface area is 202 Å². The molecule has 0 bridgehead atoms. The highest BCUT2D eigenvalue weighted by atomic mass is 16.5. The first-order chi connectivity index (χ1) is 17.2. The number of carbonyl (C=O) groups is 1. The number of carbonyl (C=O) groups excluding carboxylic acids is 1. The third kappa shape index (κ3) is 4.38. The third-order valence-corrected chi connectivity index (χ3v) is 5.96. The van der Waals surface area contributed by atoms with Crippen molar-refractivity contribution in [3.8, 4) is 5.75 Å². The Morgan fingerprint density at radius 3 is 2.20 bits per heavy atom. The van der Waals surface area contributed by atoms with Gasteiger partial charge in [0, 0.05) is 16.3 Å². The molecule has 1 amide bonds. The summed E-state index contributed by atoms with van der Waals surface area (Å²) in [6, 6.07) is 26.6. The number of benzene rings is 4. The predicted octanol–water partition coefficient (Wildman–Crippen LogP) is 5.25. The number of hydrazone groups is 1. The van der Waals surface area contributed by atoms with Crippen LogP contribution in [0.4, 0.5) is 0 Å². The van der Waals surface area contributed by atoms with Crippen LogP contribution in [-0.2, 0) is 11.3 Å². The fraction of sp³-hybridized carbons (Fsp3) is 0.138. The van der Waals surface area contributed by atoms with E-state index in [0.29, 0.717) is 28.4 Å². The minimum atomic E-state index is -0.295. The summed E-state index contributed by atoms with van der Waals surface area (Å²) in [6.07, 6.45) is 2.52. The quantitative estimate of drug-likeness (QED) is 0.204. The van der Waals surface area contributed by atoms with Crippen molar-refractivity contribution >= 4 is 44.7 Å². The summed E-state index contributed by atoms with van der Waals surface area (Å²) in [5.41, 5.74) is 4.84. The maximum Gasteiger partial charge on any atom is 0.260 e. The average Bonchev–Trinajstić information content (AvgIpc) is 2.90. The molecule has 0 unspecified atom stereocenters. The van der Waals surface area contributed by atoms with Gasteiger partial charge in [-0.2, -0.15) is 5.10 Å². The Hall–Kier alpha value is -4.45. The summed E-state index contributed by atoms with van der Waals surface area (Å²) >= 11 is 0. The van der Waals surface area contributed by atoms with E-state index in [2.05, 4.69) is 17.5 Å². The third-order valence-electron chi connectivity index (χ3n) is 5.96. The maximum atomic E-state index is 12.9. The van der Waals surface area contributed by atoms with E-state index in [1.54, 1.807) is 18.3 Å². The Bertz CT molecular complexity index is 1580. The number of pyridine rings is 1. The second kappa shape index (κ2) is 9.81. The van der Waals surface area contributed by atoms with Gasteiger partial charge in [0.05, 0.1) is 23.9 Å². The number of nitrogens with one attached hydrogen (secondary N) is 1. The normalized spacial score (nSPS) is 11.5. The standard InChI is InChI=1S/C29H25N3O3/c1-2-17-35-27-16-15-20-9-3-4-10-21(20)24(27)18-30-31-28(33)19-32-25-13-7-5-11-22(25)29(34)23-12-6-8-14-26(23)32/h3-16,18H,2,17,19H2,1H3,(H,31,33)/b30-18+. The van der Waals surface area contributed by atoms with Crippen LogP contribution < -0.4 is 15.6 Å². The van der Waals surface area contributed by atoms with E-state index in [1.807, 2.05) is 77.4 Å². The molecule has 1 N–H and O–H groups in total. The molecule has 0 aliphatic heterocycles. The molecule has 6 heteroatoms. The van der Waals surface area contributed by atoms with E-state index in [1.165, 1.54) is 0 Å². The molecule has 0 radical (unpaired) electrons. The molecule has 0 atom stereocenters. The number of fused-ring (bicyclic) bond motifs is 3. The lowest BCUT2D eigenvalue weighted by Gasteiger charge is -2.14. The molecular weight excluding hydrogens is 438 g/mol. The van der Waals surface area contributed by atoms with E-state index in [-0.39, 0.29) is 17.9 Å². The summed E-state index contributed by atoms with van der Waals surface area (Å²) in [5.74, 6) is 0.428. The fourth-order valence-corrected chi connectivity index (χ4v) is 4.34. The molecule has 0 saturated carbocycles. The van der Waals surface area contributed by atoms with Gasteiger partial charge in [-0.15, -0.1) is 0 Å². The molecule has 5 rings (SSSR count). The van der Waals surface area contributed by atoms with Crippen molar-refractivity contribution in [2.24, 2.45) is 5.10 Å². The molecule has 1 heterocycles. The van der Waals surface area contributed by atoms with Crippen molar-refractivity contribution in [3.05, 3.63) is 101 Å². The molecule has 0 aliphatic carbocycles. The van der Waals surface area contributed by atoms with E-state index in [0.717, 1.165) is 28.5 Å². The van der Waals surface area contributed by atoms with Crippen molar-refractivity contribution in [2.75, 3.05) is 6.61 Å². The van der Waals surface area contributed by atoms with Gasteiger partial charge in [0.2, 0.25) is 0 Å². The largest absolute Gasteiger partial charge is 0.493 e. The van der Waals surface area contributed by atoms with Gasteiger partial charge >= 0.3 is 0 Å². The molecule has 174 valence electrons. The maximum absolute atomic E-state index is 12.9. The number of ether oxygens (including phenoxy) is 1. The topological polar surface area (TPSA) is 72.7 Å². The Balaban J connectivity index is 1.46. The van der Waals surface area contributed by atoms with E-state index in [4.69, 9.17) is 4.74 Å². The van der Waals surface area contributed by atoms with Crippen LogP contribution in [0, 0.1) is 0 Å². The van der Waals surface area contributed by atoms with Crippen LogP contribution in [0.5, 0.6) is 5.75 Å². The highest BCUT2D eigenvalue weighted by molar-refractivity contribution is 6.03. The van der Waals surface area contributed by atoms with Crippen LogP contribution in [0.15, 0.2) is 94.8 Å². The molecule has 0 spiro atoms. The van der Waals surface area contributed by atoms with Crippen molar-refractivity contribution in [1.82, 2.24) is 9.99 Å². The summed E-state index contributed by atoms with van der Waals surface area (Å²) in [5, 5.41) is 7.48. The average molecular weight is 464 g/mol. The van der Waals surface area contributed by atoms with Crippen molar-refractivity contribution in [3.63, 3.8) is 0 Å². The lowest BCUT2D eigenvalue weighted by Crippen LogP contribution is -2.25. The second-order valence-corrected chi connectivity index (χ2v) is 8.29. The molecule has 0 fully saturated rings. The first-order valence-electron chi connectivity index (χ1n) is 11.6. The number of hydrogen-bond donors (Lipinski definition) is 1. The van der Waals surface area contributed by atoms with E-state index >= 15 is 0 Å². The smallest absolute Gasteiger partial charge is 0.260 e. The van der Waals surface area contributed by atoms with Gasteiger partial charge in [0.15, 0.2) is 5.43 Å². The van der Waals surface area contributed by atoms with Crippen LogP contribution in [0.3, 0.4) is 0 Å². The number of para-hydroxylation sites is 2. The molecule has 0 saturated heterocycles. The van der Waals surface area contributed by atoms with Gasteiger partial charge in [-0.1, -0.05) is 61.5 Å². The zero-order chi connectivity index (χ0) is 24.2. The second-order valence-electron chi connectivity index (χ2n) is 8.29. The van der Waals surface area contributed by atoms with E-state index < -0.39 is 0 Å². The first-order valence-corrected chi connectivity index (χ1v) is 11.6. The minimum absolute atomic E-state index is 0.0212. The van der Waals surface area contributed by atoms with Crippen molar-refractivity contribution < 1.29 is 9.53 Å². The number of rotatable bonds is 7. The lowest BCUT2D eigenvalue weighted by atomic mass is 10.0. The Morgan fingerprint density at radius 2 is 1.51 bits per heavy atom. The molecular formula is C29H25N3O3. The van der Waals surface area contributed by atoms with Crippen LogP contribution >= 0.6 is 0 Å². The van der Waals surface area contributed by atoms with Gasteiger partial charge in [0.1, 0.15) is 12.3 Å². The molecule has 1 aromatic heterocycles. The molecule has 35 heavy (non-hydrogen) atoms. The molecule has 4 aromatic carbocycles. The summed E-state index contributed by atoms with van der Waals surface area (Å²) in [6.45, 7) is 2.67. The van der Waals surface area contributed by atoms with Crippen molar-refractivity contribution in [1.29, 1.82) is 0 Å². The highest BCUT2D eigenvalue weighted by Crippen LogP contribution is 2.27. The highest BCUT2D eigenvalue weighted by Gasteiger charge is 2.13. The first kappa shape index (κ1) is 22.3. The molecule has 6 nitrogen and oxygen atoms in total. The van der Waals surface area contributed by atoms with Gasteiger partial charge in [-0.05, 0) is 47.5 Å². The van der Waals surface area contributed by atoms with Crippen LogP contribution in [0.2, 0.25) is 0 Å². The minimum Gasteiger partial charge on any atom is -0.493 e. The zero-order valence-corrected chi connectivity index (χ0v) is 19.4. The number of hydrogen-bond acceptors (Lipinski definition) is 4. The molecule has 0 aliphatic rings. The predicted molar refractivity (Wildman–Crippen MR) is 141 cm³/mol. The summed E-state index contributed by atoms with van der Waals surface area (Å²) in [4.78, 5) is 25.9. The van der Waals surface area contributed by atoms with E-state index in [9.17, 15) is 9.59 Å². The fourth-order valence-electron chi connectivity index (χ4n) is 4.34. The van der Waals surface area contributed by atoms with Gasteiger partial charge in [-0.3, -0.25) is 9.59 Å². The Kier molecular flexibility index (Phi) is 6.26. The number of aromatic nitrogens is 1. The summed E-state index contributed by atoms with van der Waals surface area (Å²) in [7, 11) is 0. The van der Waals surface area contributed by atoms with Crippen LogP contribution in [-0.4, -0.2) is 23.3 Å². The Morgan fingerprint density at radius 1 is 0.886 bits per heavy atom. The molecule has 5 aromatic rings. The van der Waals surface area contributed by atoms with Crippen LogP contribution in [0.1, 0.15) is 18.9 Å². The number of amides is 1. The monoisotopic (exact) mass is 463 g/mol. The zero-order valence-electron chi connectivity index (χ0n) is 19.4. The van der Waals surface area contributed by atoms with Gasteiger partial charge < -0.3 is 9.30 Å². The SMILES string of the molecule is CCCOc1ccc2ccccc2c1/C=N/NC(=O)Cn1c2ccccc2c(=O)c2ccccc21.